The van der Waals surface area contributed by atoms with Crippen molar-refractivity contribution in [2.24, 2.45) is 0 Å². The summed E-state index contributed by atoms with van der Waals surface area (Å²) in [6.07, 6.45) is 7.03. The van der Waals surface area contributed by atoms with Gasteiger partial charge in [0.15, 0.2) is 11.6 Å². The number of halogens is 2. The van der Waals surface area contributed by atoms with E-state index in [1.807, 2.05) is 6.07 Å². The molecule has 0 aliphatic rings. The van der Waals surface area contributed by atoms with Gasteiger partial charge in [0, 0.05) is 5.56 Å². The van der Waals surface area contributed by atoms with Gasteiger partial charge in [-0.2, -0.15) is 0 Å². The molecule has 2 aromatic carbocycles. The van der Waals surface area contributed by atoms with E-state index in [2.05, 4.69) is 6.92 Å². The van der Waals surface area contributed by atoms with Crippen LogP contribution in [0.3, 0.4) is 0 Å². The van der Waals surface area contributed by atoms with Crippen LogP contribution in [0.5, 0.6) is 5.75 Å². The van der Waals surface area contributed by atoms with Crippen LogP contribution < -0.4 is 4.74 Å². The predicted molar refractivity (Wildman–Crippen MR) is 101 cm³/mol. The van der Waals surface area contributed by atoms with Gasteiger partial charge in [-0.15, -0.1) is 0 Å². The van der Waals surface area contributed by atoms with Crippen molar-refractivity contribution >= 4 is 16.8 Å². The molecule has 0 saturated heterocycles. The van der Waals surface area contributed by atoms with Crippen LogP contribution in [0.2, 0.25) is 0 Å². The molecule has 0 saturated carbocycles. The van der Waals surface area contributed by atoms with Crippen LogP contribution in [0.4, 0.5) is 4.39 Å². The minimum Gasteiger partial charge on any atom is -0.491 e. The van der Waals surface area contributed by atoms with E-state index < -0.39 is 5.24 Å². The van der Waals surface area contributed by atoms with Crippen LogP contribution in [-0.4, -0.2) is 11.8 Å². The monoisotopic (exact) mass is 362 g/mol. The Morgan fingerprint density at radius 3 is 2.24 bits per heavy atom. The smallest absolute Gasteiger partial charge is 0.252 e. The maximum absolute atomic E-state index is 14.2. The lowest BCUT2D eigenvalue weighted by Crippen LogP contribution is -1.99. The van der Waals surface area contributed by atoms with Crippen molar-refractivity contribution in [3.63, 3.8) is 0 Å². The first-order valence-corrected chi connectivity index (χ1v) is 9.22. The maximum Gasteiger partial charge on any atom is 0.252 e. The fourth-order valence-corrected chi connectivity index (χ4v) is 2.78. The number of hydrogen-bond donors (Lipinski definition) is 0. The highest BCUT2D eigenvalue weighted by Gasteiger charge is 2.07. The van der Waals surface area contributed by atoms with Crippen LogP contribution in [0.15, 0.2) is 42.5 Å². The lowest BCUT2D eigenvalue weighted by Gasteiger charge is -2.09. The van der Waals surface area contributed by atoms with Crippen molar-refractivity contribution in [2.45, 2.75) is 45.4 Å². The Balaban J connectivity index is 1.88. The summed E-state index contributed by atoms with van der Waals surface area (Å²) < 4.78 is 19.8. The summed E-state index contributed by atoms with van der Waals surface area (Å²) in [5.41, 5.74) is 1.98. The number of carbonyl (C=O) groups excluding carboxylic acids is 1. The Hall–Kier alpha value is -1.87. The Bertz CT molecular complexity index is 683. The summed E-state index contributed by atoms with van der Waals surface area (Å²) in [5, 5.41) is -0.504. The van der Waals surface area contributed by atoms with E-state index >= 15 is 0 Å². The lowest BCUT2D eigenvalue weighted by atomic mass is 10.0. The van der Waals surface area contributed by atoms with Crippen molar-refractivity contribution in [3.8, 4) is 16.9 Å². The van der Waals surface area contributed by atoms with Gasteiger partial charge in [-0.3, -0.25) is 4.79 Å². The molecule has 0 aliphatic carbocycles. The Morgan fingerprint density at radius 2 is 1.60 bits per heavy atom. The first-order chi connectivity index (χ1) is 12.1. The molecule has 0 N–H and O–H groups in total. The van der Waals surface area contributed by atoms with Gasteiger partial charge >= 0.3 is 0 Å². The van der Waals surface area contributed by atoms with E-state index in [0.29, 0.717) is 12.2 Å². The van der Waals surface area contributed by atoms with Gasteiger partial charge in [0.1, 0.15) is 0 Å². The van der Waals surface area contributed by atoms with E-state index in [0.717, 1.165) is 24.0 Å². The number of hydrogen-bond acceptors (Lipinski definition) is 2. The third kappa shape index (κ3) is 6.17. The molecule has 0 fully saturated rings. The first-order valence-electron chi connectivity index (χ1n) is 8.84. The highest BCUT2D eigenvalue weighted by molar-refractivity contribution is 6.67. The van der Waals surface area contributed by atoms with Crippen molar-refractivity contribution in [1.29, 1.82) is 0 Å². The molecule has 0 radical (unpaired) electrons. The molecule has 0 unspecified atom stereocenters. The number of ether oxygens (including phenoxy) is 1. The molecule has 0 bridgehead atoms. The van der Waals surface area contributed by atoms with Crippen molar-refractivity contribution in [1.82, 2.24) is 0 Å². The Labute approximate surface area is 154 Å². The molecule has 0 spiro atoms. The Kier molecular flexibility index (Phi) is 7.93. The summed E-state index contributed by atoms with van der Waals surface area (Å²) in [5.74, 6) is -0.0918. The van der Waals surface area contributed by atoms with Crippen LogP contribution in [0.1, 0.15) is 55.8 Å². The number of unbranched alkanes of at least 4 members (excludes halogenated alkanes) is 5. The largest absolute Gasteiger partial charge is 0.491 e. The SMILES string of the molecule is CCCCCCCCOc1ccc(-c2ccc(C(=O)Cl)cc2)cc1F. The number of rotatable bonds is 10. The molecular formula is C21H24ClFO2. The van der Waals surface area contributed by atoms with Gasteiger partial charge in [-0.05, 0) is 53.4 Å². The summed E-state index contributed by atoms with van der Waals surface area (Å²) in [6.45, 7) is 2.73. The number of carbonyl (C=O) groups is 1. The van der Waals surface area contributed by atoms with Crippen molar-refractivity contribution < 1.29 is 13.9 Å². The quantitative estimate of drug-likeness (QED) is 0.351. The second-order valence-corrected chi connectivity index (χ2v) is 6.46. The fraction of sp³-hybridized carbons (Fsp3) is 0.381. The average Bonchev–Trinajstić information content (AvgIpc) is 2.62. The van der Waals surface area contributed by atoms with Crippen molar-refractivity contribution in [3.05, 3.63) is 53.8 Å². The summed E-state index contributed by atoms with van der Waals surface area (Å²) in [4.78, 5) is 11.1. The van der Waals surface area contributed by atoms with Crippen LogP contribution in [-0.2, 0) is 0 Å². The summed E-state index contributed by atoms with van der Waals surface area (Å²) in [6, 6.07) is 11.7. The Morgan fingerprint density at radius 1 is 0.960 bits per heavy atom. The molecule has 2 rings (SSSR count). The van der Waals surface area contributed by atoms with Gasteiger partial charge in [0.2, 0.25) is 0 Å². The number of benzene rings is 2. The van der Waals surface area contributed by atoms with Gasteiger partial charge in [-0.25, -0.2) is 4.39 Å². The molecular weight excluding hydrogens is 339 g/mol. The maximum atomic E-state index is 14.2. The van der Waals surface area contributed by atoms with Gasteiger partial charge in [-0.1, -0.05) is 57.2 Å². The average molecular weight is 363 g/mol. The fourth-order valence-electron chi connectivity index (χ4n) is 2.66. The lowest BCUT2D eigenvalue weighted by molar-refractivity contribution is 0.108. The highest BCUT2D eigenvalue weighted by atomic mass is 35.5. The van der Waals surface area contributed by atoms with Gasteiger partial charge < -0.3 is 4.74 Å². The minimum absolute atomic E-state index is 0.282. The first kappa shape index (κ1) is 19.5. The summed E-state index contributed by atoms with van der Waals surface area (Å²) >= 11 is 5.43. The molecule has 0 aromatic heterocycles. The zero-order valence-electron chi connectivity index (χ0n) is 14.6. The van der Waals surface area contributed by atoms with E-state index in [1.54, 1.807) is 30.3 Å². The molecule has 0 atom stereocenters. The summed E-state index contributed by atoms with van der Waals surface area (Å²) in [7, 11) is 0. The van der Waals surface area contributed by atoms with Crippen molar-refractivity contribution in [2.75, 3.05) is 6.61 Å². The van der Waals surface area contributed by atoms with Gasteiger partial charge in [0.05, 0.1) is 6.61 Å². The normalized spacial score (nSPS) is 10.7. The second-order valence-electron chi connectivity index (χ2n) is 6.11. The minimum atomic E-state index is -0.504. The zero-order chi connectivity index (χ0) is 18.1. The predicted octanol–water partition coefficient (Wildman–Crippen LogP) is 6.61. The second kappa shape index (κ2) is 10.2. The molecule has 2 aromatic rings. The van der Waals surface area contributed by atoms with E-state index in [4.69, 9.17) is 16.3 Å². The van der Waals surface area contributed by atoms with E-state index in [9.17, 15) is 9.18 Å². The molecule has 0 heterocycles. The topological polar surface area (TPSA) is 26.3 Å². The molecule has 0 aliphatic heterocycles. The molecule has 4 heteroatoms. The highest BCUT2D eigenvalue weighted by Crippen LogP contribution is 2.26. The van der Waals surface area contributed by atoms with Crippen LogP contribution in [0.25, 0.3) is 11.1 Å². The standard InChI is InChI=1S/C21H24ClFO2/c1-2-3-4-5-6-7-14-25-20-13-12-18(15-19(20)23)16-8-10-17(11-9-16)21(22)24/h8-13,15H,2-7,14H2,1H3. The van der Waals surface area contributed by atoms with Crippen LogP contribution in [0, 0.1) is 5.82 Å². The van der Waals surface area contributed by atoms with E-state index in [-0.39, 0.29) is 11.6 Å². The zero-order valence-corrected chi connectivity index (χ0v) is 15.3. The molecule has 0 amide bonds. The van der Waals surface area contributed by atoms with E-state index in [1.165, 1.54) is 31.7 Å². The van der Waals surface area contributed by atoms with Crippen LogP contribution >= 0.6 is 11.6 Å². The third-order valence-corrected chi connectivity index (χ3v) is 4.35. The molecule has 134 valence electrons. The van der Waals surface area contributed by atoms with Gasteiger partial charge in [0.25, 0.3) is 5.24 Å². The third-order valence-electron chi connectivity index (χ3n) is 4.13. The molecule has 2 nitrogen and oxygen atoms in total. The molecule has 25 heavy (non-hydrogen) atoms.